The number of hydrogen-bond acceptors (Lipinski definition) is 3. The van der Waals surface area contributed by atoms with Crippen molar-refractivity contribution < 1.29 is 14.4 Å². The van der Waals surface area contributed by atoms with Crippen LogP contribution in [0.3, 0.4) is 0 Å². The first-order valence-electron chi connectivity index (χ1n) is 3.36. The Balaban J connectivity index is 2.95. The van der Waals surface area contributed by atoms with Crippen LogP contribution in [0.25, 0.3) is 0 Å². The fourth-order valence-electron chi connectivity index (χ4n) is 0.860. The number of carbonyl (C=O) groups is 3. The summed E-state index contributed by atoms with van der Waals surface area (Å²) in [5, 5.41) is 3.99. The van der Waals surface area contributed by atoms with Gasteiger partial charge in [0, 0.05) is 0 Å². The molecule has 1 aliphatic rings. The van der Waals surface area contributed by atoms with Gasteiger partial charge in [0.05, 0.1) is 0 Å². The van der Waals surface area contributed by atoms with Crippen molar-refractivity contribution in [3.05, 3.63) is 0 Å². The monoisotopic (exact) mass is 234 g/mol. The van der Waals surface area contributed by atoms with Crippen molar-refractivity contribution in [2.45, 2.75) is 17.7 Å². The van der Waals surface area contributed by atoms with Gasteiger partial charge in [-0.1, -0.05) is 22.9 Å². The summed E-state index contributed by atoms with van der Waals surface area (Å²) in [6, 6.07) is -0.770. The van der Waals surface area contributed by atoms with Crippen LogP contribution in [0.4, 0.5) is 4.79 Å². The van der Waals surface area contributed by atoms with E-state index in [-0.39, 0.29) is 6.42 Å². The molecule has 4 amide bonds. The molecule has 6 heteroatoms. The van der Waals surface area contributed by atoms with Crippen LogP contribution in [-0.2, 0) is 9.59 Å². The molecule has 12 heavy (non-hydrogen) atoms. The summed E-state index contributed by atoms with van der Waals surface area (Å²) in [4.78, 5) is 32.9. The van der Waals surface area contributed by atoms with E-state index in [0.29, 0.717) is 0 Å². The second-order valence-electron chi connectivity index (χ2n) is 2.39. The molecular formula is C6H7BrN2O3. The molecule has 5 nitrogen and oxygen atoms in total. The lowest BCUT2D eigenvalue weighted by molar-refractivity contribution is -0.133. The predicted molar refractivity (Wildman–Crippen MR) is 43.6 cm³/mol. The number of imide groups is 2. The van der Waals surface area contributed by atoms with Crippen LogP contribution in [0.5, 0.6) is 0 Å². The Labute approximate surface area is 77.0 Å². The van der Waals surface area contributed by atoms with Gasteiger partial charge < -0.3 is 0 Å². The number of halogens is 1. The largest absolute Gasteiger partial charge is 0.328 e. The van der Waals surface area contributed by atoms with Crippen molar-refractivity contribution in [3.8, 4) is 0 Å². The fraction of sp³-hybridized carbons (Fsp3) is 0.500. The minimum atomic E-state index is -1.29. The standard InChI is InChI=1S/C6H7BrN2O3/c1-2-6(7)3(10)8-5(12)9-4(6)11/h2H2,1H3,(H2,8,9,10,11,12). The molecule has 0 radical (unpaired) electrons. The lowest BCUT2D eigenvalue weighted by atomic mass is 10.0. The van der Waals surface area contributed by atoms with Crippen molar-refractivity contribution in [2.24, 2.45) is 0 Å². The fourth-order valence-corrected chi connectivity index (χ4v) is 1.06. The van der Waals surface area contributed by atoms with E-state index in [1.165, 1.54) is 0 Å². The number of carbonyl (C=O) groups excluding carboxylic acids is 3. The average Bonchev–Trinajstić information content (AvgIpc) is 2.00. The molecule has 2 N–H and O–H groups in total. The number of hydrogen-bond donors (Lipinski definition) is 2. The summed E-state index contributed by atoms with van der Waals surface area (Å²) < 4.78 is -1.29. The average molecular weight is 235 g/mol. The molecule has 1 saturated heterocycles. The summed E-state index contributed by atoms with van der Waals surface area (Å²) >= 11 is 2.98. The number of barbiturate groups is 1. The molecule has 1 aliphatic heterocycles. The minimum absolute atomic E-state index is 0.290. The number of alkyl halides is 1. The van der Waals surface area contributed by atoms with Crippen molar-refractivity contribution in [3.63, 3.8) is 0 Å². The van der Waals surface area contributed by atoms with Gasteiger partial charge in [-0.15, -0.1) is 0 Å². The van der Waals surface area contributed by atoms with Gasteiger partial charge in [0.25, 0.3) is 11.8 Å². The molecule has 0 aromatic heterocycles. The molecule has 0 atom stereocenters. The number of amides is 4. The lowest BCUT2D eigenvalue weighted by Gasteiger charge is -2.27. The quantitative estimate of drug-likeness (QED) is 0.492. The van der Waals surface area contributed by atoms with Gasteiger partial charge in [-0.2, -0.15) is 0 Å². The topological polar surface area (TPSA) is 75.3 Å². The van der Waals surface area contributed by atoms with E-state index >= 15 is 0 Å². The minimum Gasteiger partial charge on any atom is -0.276 e. The number of nitrogens with one attached hydrogen (secondary N) is 2. The Kier molecular flexibility index (Phi) is 2.18. The molecular weight excluding hydrogens is 228 g/mol. The van der Waals surface area contributed by atoms with E-state index in [1.54, 1.807) is 6.92 Å². The van der Waals surface area contributed by atoms with Gasteiger partial charge >= 0.3 is 6.03 Å². The molecule has 0 aromatic carbocycles. The predicted octanol–water partition coefficient (Wildman–Crippen LogP) is -0.104. The molecule has 0 spiro atoms. The van der Waals surface area contributed by atoms with Gasteiger partial charge in [-0.05, 0) is 6.42 Å². The Hall–Kier alpha value is -0.910. The Morgan fingerprint density at radius 2 is 1.67 bits per heavy atom. The lowest BCUT2D eigenvalue weighted by Crippen LogP contribution is -2.63. The molecule has 0 bridgehead atoms. The van der Waals surface area contributed by atoms with Gasteiger partial charge in [0.2, 0.25) is 0 Å². The molecule has 0 aromatic rings. The maximum Gasteiger partial charge on any atom is 0.328 e. The van der Waals surface area contributed by atoms with Gasteiger partial charge in [-0.25, -0.2) is 4.79 Å². The van der Waals surface area contributed by atoms with Crippen LogP contribution in [0, 0.1) is 0 Å². The third kappa shape index (κ3) is 1.22. The highest BCUT2D eigenvalue weighted by atomic mass is 79.9. The normalized spacial score (nSPS) is 21.7. The van der Waals surface area contributed by atoms with Crippen LogP contribution in [-0.4, -0.2) is 22.2 Å². The zero-order valence-corrected chi connectivity index (χ0v) is 7.90. The number of rotatable bonds is 1. The molecule has 66 valence electrons. The van der Waals surface area contributed by atoms with E-state index in [0.717, 1.165) is 0 Å². The smallest absolute Gasteiger partial charge is 0.276 e. The summed E-state index contributed by atoms with van der Waals surface area (Å²) in [7, 11) is 0. The molecule has 1 fully saturated rings. The zero-order valence-electron chi connectivity index (χ0n) is 6.31. The van der Waals surface area contributed by atoms with Crippen LogP contribution < -0.4 is 10.6 Å². The first-order chi connectivity index (χ1) is 5.50. The third-order valence-electron chi connectivity index (χ3n) is 1.66. The van der Waals surface area contributed by atoms with Crippen LogP contribution in [0.1, 0.15) is 13.3 Å². The second-order valence-corrected chi connectivity index (χ2v) is 3.75. The maximum atomic E-state index is 11.1. The molecule has 1 rings (SSSR count). The highest BCUT2D eigenvalue weighted by Crippen LogP contribution is 2.24. The van der Waals surface area contributed by atoms with E-state index < -0.39 is 22.2 Å². The SMILES string of the molecule is CCC1(Br)C(=O)NC(=O)NC1=O. The highest BCUT2D eigenvalue weighted by Gasteiger charge is 2.46. The van der Waals surface area contributed by atoms with Crippen LogP contribution in [0.2, 0.25) is 0 Å². The van der Waals surface area contributed by atoms with Gasteiger partial charge in [-0.3, -0.25) is 20.2 Å². The molecule has 1 heterocycles. The summed E-state index contributed by atoms with van der Waals surface area (Å²) in [5.74, 6) is -1.22. The van der Waals surface area contributed by atoms with E-state index in [1.807, 2.05) is 10.6 Å². The van der Waals surface area contributed by atoms with Gasteiger partial charge in [0.15, 0.2) is 4.32 Å². The maximum absolute atomic E-state index is 11.1. The third-order valence-corrected chi connectivity index (χ3v) is 2.94. The highest BCUT2D eigenvalue weighted by molar-refractivity contribution is 9.10. The van der Waals surface area contributed by atoms with E-state index in [4.69, 9.17) is 0 Å². The van der Waals surface area contributed by atoms with Crippen molar-refractivity contribution in [1.29, 1.82) is 0 Å². The zero-order chi connectivity index (χ0) is 9.35. The van der Waals surface area contributed by atoms with Crippen LogP contribution >= 0.6 is 15.9 Å². The Morgan fingerprint density at radius 3 is 2.00 bits per heavy atom. The Morgan fingerprint density at radius 1 is 1.25 bits per heavy atom. The summed E-state index contributed by atoms with van der Waals surface area (Å²) in [6.45, 7) is 1.67. The van der Waals surface area contributed by atoms with Crippen molar-refractivity contribution >= 4 is 33.8 Å². The Bertz CT molecular complexity index is 244. The van der Waals surface area contributed by atoms with Crippen molar-refractivity contribution in [1.82, 2.24) is 10.6 Å². The second kappa shape index (κ2) is 2.85. The van der Waals surface area contributed by atoms with Crippen LogP contribution in [0.15, 0.2) is 0 Å². The first kappa shape index (κ1) is 9.18. The van der Waals surface area contributed by atoms with E-state index in [2.05, 4.69) is 15.9 Å². The molecule has 0 aliphatic carbocycles. The summed E-state index contributed by atoms with van der Waals surface area (Å²) in [5.41, 5.74) is 0. The van der Waals surface area contributed by atoms with E-state index in [9.17, 15) is 14.4 Å². The molecule has 0 unspecified atom stereocenters. The van der Waals surface area contributed by atoms with Crippen molar-refractivity contribution in [2.75, 3.05) is 0 Å². The molecule has 0 saturated carbocycles. The van der Waals surface area contributed by atoms with Gasteiger partial charge in [0.1, 0.15) is 0 Å². The summed E-state index contributed by atoms with van der Waals surface area (Å²) in [6.07, 6.45) is 0.290. The first-order valence-corrected chi connectivity index (χ1v) is 4.16. The number of urea groups is 1.